The highest BCUT2D eigenvalue weighted by molar-refractivity contribution is 7.10. The van der Waals surface area contributed by atoms with E-state index in [1.807, 2.05) is 36.6 Å². The maximum absolute atomic E-state index is 11.6. The van der Waals surface area contributed by atoms with E-state index in [0.29, 0.717) is 5.69 Å². The van der Waals surface area contributed by atoms with Gasteiger partial charge in [0.25, 0.3) is 0 Å². The molecule has 2 aromatic rings. The van der Waals surface area contributed by atoms with Crippen molar-refractivity contribution in [3.05, 3.63) is 52.5 Å². The minimum absolute atomic E-state index is 0.149. The van der Waals surface area contributed by atoms with E-state index in [1.54, 1.807) is 23.6 Å². The van der Waals surface area contributed by atoms with E-state index in [9.17, 15) is 4.79 Å². The number of pyridine rings is 1. The fourth-order valence-electron chi connectivity index (χ4n) is 1.27. The first-order valence-electron chi connectivity index (χ1n) is 5.19. The van der Waals surface area contributed by atoms with E-state index in [1.165, 1.54) is 6.08 Å². The molecule has 0 spiro atoms. The van der Waals surface area contributed by atoms with Crippen molar-refractivity contribution in [3.63, 3.8) is 0 Å². The highest BCUT2D eigenvalue weighted by Crippen LogP contribution is 2.10. The van der Waals surface area contributed by atoms with Gasteiger partial charge in [-0.25, -0.2) is 0 Å². The molecule has 1 N–H and O–H groups in total. The zero-order chi connectivity index (χ0) is 12.1. The van der Waals surface area contributed by atoms with Crippen LogP contribution in [0, 0.1) is 6.92 Å². The van der Waals surface area contributed by atoms with Crippen LogP contribution in [0.5, 0.6) is 0 Å². The van der Waals surface area contributed by atoms with Gasteiger partial charge in [-0.1, -0.05) is 6.07 Å². The summed E-state index contributed by atoms with van der Waals surface area (Å²) in [5.74, 6) is -0.149. The monoisotopic (exact) mass is 244 g/mol. The van der Waals surface area contributed by atoms with Crippen LogP contribution in [-0.2, 0) is 4.79 Å². The lowest BCUT2D eigenvalue weighted by Gasteiger charge is -2.01. The topological polar surface area (TPSA) is 42.0 Å². The Morgan fingerprint density at radius 3 is 2.94 bits per heavy atom. The summed E-state index contributed by atoms with van der Waals surface area (Å²) in [5, 5.41) is 4.72. The van der Waals surface area contributed by atoms with Gasteiger partial charge in [0.1, 0.15) is 0 Å². The molecule has 2 aromatic heterocycles. The minimum Gasteiger partial charge on any atom is -0.321 e. The second-order valence-corrected chi connectivity index (χ2v) is 4.51. The average molecular weight is 244 g/mol. The van der Waals surface area contributed by atoms with Crippen molar-refractivity contribution in [1.82, 2.24) is 4.98 Å². The van der Waals surface area contributed by atoms with Gasteiger partial charge in [0, 0.05) is 16.6 Å². The normalized spacial score (nSPS) is 10.6. The molecule has 0 aromatic carbocycles. The summed E-state index contributed by atoms with van der Waals surface area (Å²) in [6, 6.07) is 7.60. The second-order valence-electron chi connectivity index (χ2n) is 3.53. The predicted octanol–water partition coefficient (Wildman–Crippen LogP) is 3.10. The molecule has 0 aliphatic carbocycles. The molecule has 2 heterocycles. The molecule has 0 saturated carbocycles. The fourth-order valence-corrected chi connectivity index (χ4v) is 1.89. The number of amides is 1. The first-order chi connectivity index (χ1) is 8.24. The SMILES string of the molecule is Cc1ccc(NC(=O)/C=C/c2cccs2)cn1. The minimum atomic E-state index is -0.149. The summed E-state index contributed by atoms with van der Waals surface area (Å²) in [6.45, 7) is 1.91. The van der Waals surface area contributed by atoms with Crippen molar-refractivity contribution in [2.45, 2.75) is 6.92 Å². The van der Waals surface area contributed by atoms with Gasteiger partial charge >= 0.3 is 0 Å². The van der Waals surface area contributed by atoms with Gasteiger partial charge in [-0.15, -0.1) is 11.3 Å². The number of hydrogen-bond acceptors (Lipinski definition) is 3. The summed E-state index contributed by atoms with van der Waals surface area (Å²) in [5.41, 5.74) is 1.63. The van der Waals surface area contributed by atoms with E-state index in [2.05, 4.69) is 10.3 Å². The number of hydrogen-bond donors (Lipinski definition) is 1. The van der Waals surface area contributed by atoms with Crippen molar-refractivity contribution in [1.29, 1.82) is 0 Å². The zero-order valence-corrected chi connectivity index (χ0v) is 10.2. The maximum atomic E-state index is 11.6. The van der Waals surface area contributed by atoms with Crippen LogP contribution in [0.15, 0.2) is 41.9 Å². The number of nitrogens with zero attached hydrogens (tertiary/aromatic N) is 1. The summed E-state index contributed by atoms with van der Waals surface area (Å²) in [4.78, 5) is 16.7. The molecule has 1 amide bonds. The van der Waals surface area contributed by atoms with Crippen LogP contribution in [-0.4, -0.2) is 10.9 Å². The van der Waals surface area contributed by atoms with E-state index in [-0.39, 0.29) is 5.91 Å². The Morgan fingerprint density at radius 2 is 2.29 bits per heavy atom. The highest BCUT2D eigenvalue weighted by Gasteiger charge is 1.97. The van der Waals surface area contributed by atoms with Crippen LogP contribution in [0.2, 0.25) is 0 Å². The maximum Gasteiger partial charge on any atom is 0.248 e. The molecule has 3 nitrogen and oxygen atoms in total. The lowest BCUT2D eigenvalue weighted by Crippen LogP contribution is -2.07. The van der Waals surface area contributed by atoms with E-state index in [4.69, 9.17) is 0 Å². The lowest BCUT2D eigenvalue weighted by atomic mass is 10.3. The van der Waals surface area contributed by atoms with Crippen molar-refractivity contribution in [2.24, 2.45) is 0 Å². The summed E-state index contributed by atoms with van der Waals surface area (Å²) < 4.78 is 0. The van der Waals surface area contributed by atoms with Crippen LogP contribution in [0.25, 0.3) is 6.08 Å². The third kappa shape index (κ3) is 3.53. The van der Waals surface area contributed by atoms with Gasteiger partial charge in [-0.3, -0.25) is 9.78 Å². The van der Waals surface area contributed by atoms with Crippen LogP contribution in [0.1, 0.15) is 10.6 Å². The zero-order valence-electron chi connectivity index (χ0n) is 9.38. The van der Waals surface area contributed by atoms with Gasteiger partial charge < -0.3 is 5.32 Å². The molecular weight excluding hydrogens is 232 g/mol. The number of carbonyl (C=O) groups excluding carboxylic acids is 1. The molecule has 17 heavy (non-hydrogen) atoms. The molecule has 0 saturated heterocycles. The third-order valence-corrected chi connectivity index (χ3v) is 2.96. The molecule has 2 rings (SSSR count). The van der Waals surface area contributed by atoms with E-state index in [0.717, 1.165) is 10.6 Å². The van der Waals surface area contributed by atoms with Gasteiger partial charge in [0.15, 0.2) is 0 Å². The first-order valence-corrected chi connectivity index (χ1v) is 6.07. The third-order valence-electron chi connectivity index (χ3n) is 2.12. The largest absolute Gasteiger partial charge is 0.321 e. The molecule has 4 heteroatoms. The molecule has 0 unspecified atom stereocenters. The molecule has 0 bridgehead atoms. The highest BCUT2D eigenvalue weighted by atomic mass is 32.1. The van der Waals surface area contributed by atoms with E-state index >= 15 is 0 Å². The number of rotatable bonds is 3. The Labute approximate surface area is 104 Å². The van der Waals surface area contributed by atoms with Crippen LogP contribution in [0.3, 0.4) is 0 Å². The molecule has 0 aliphatic rings. The Kier molecular flexibility index (Phi) is 3.67. The molecule has 0 radical (unpaired) electrons. The lowest BCUT2D eigenvalue weighted by molar-refractivity contribution is -0.111. The van der Waals surface area contributed by atoms with Gasteiger partial charge in [0.05, 0.1) is 11.9 Å². The summed E-state index contributed by atoms with van der Waals surface area (Å²) >= 11 is 1.59. The average Bonchev–Trinajstić information content (AvgIpc) is 2.83. The van der Waals surface area contributed by atoms with Gasteiger partial charge in [-0.2, -0.15) is 0 Å². The van der Waals surface area contributed by atoms with Gasteiger partial charge in [-0.05, 0) is 36.6 Å². The Morgan fingerprint density at radius 1 is 1.41 bits per heavy atom. The van der Waals surface area contributed by atoms with Gasteiger partial charge in [0.2, 0.25) is 5.91 Å². The fraction of sp³-hybridized carbons (Fsp3) is 0.0769. The second kappa shape index (κ2) is 5.41. The van der Waals surface area contributed by atoms with Crippen LogP contribution < -0.4 is 5.32 Å². The van der Waals surface area contributed by atoms with Crippen molar-refractivity contribution < 1.29 is 4.79 Å². The summed E-state index contributed by atoms with van der Waals surface area (Å²) in [7, 11) is 0. The molecule has 0 aliphatic heterocycles. The molecule has 0 fully saturated rings. The number of thiophene rings is 1. The van der Waals surface area contributed by atoms with Crippen LogP contribution in [0.4, 0.5) is 5.69 Å². The van der Waals surface area contributed by atoms with Crippen molar-refractivity contribution in [2.75, 3.05) is 5.32 Å². The first kappa shape index (κ1) is 11.5. The summed E-state index contributed by atoms with van der Waals surface area (Å²) in [6.07, 6.45) is 4.96. The molecule has 86 valence electrons. The van der Waals surface area contributed by atoms with Crippen molar-refractivity contribution in [3.8, 4) is 0 Å². The number of carbonyl (C=O) groups is 1. The van der Waals surface area contributed by atoms with E-state index < -0.39 is 0 Å². The predicted molar refractivity (Wildman–Crippen MR) is 71.0 cm³/mol. The Bertz CT molecular complexity index is 515. The Balaban J connectivity index is 1.95. The Hall–Kier alpha value is -1.94. The molecular formula is C13H12N2OS. The molecule has 0 atom stereocenters. The number of aromatic nitrogens is 1. The number of anilines is 1. The number of nitrogens with one attached hydrogen (secondary N) is 1. The smallest absolute Gasteiger partial charge is 0.248 e. The standard InChI is InChI=1S/C13H12N2OS/c1-10-4-5-11(9-14-10)15-13(16)7-6-12-3-2-8-17-12/h2-9H,1H3,(H,15,16)/b7-6+. The quantitative estimate of drug-likeness (QED) is 0.843. The number of aryl methyl sites for hydroxylation is 1. The van der Waals surface area contributed by atoms with Crippen molar-refractivity contribution >= 4 is 29.0 Å². The van der Waals surface area contributed by atoms with Crippen LogP contribution >= 0.6 is 11.3 Å².